The largest absolute Gasteiger partial charge is 0.508 e. The number of aromatic nitrogens is 2. The van der Waals surface area contributed by atoms with E-state index in [-0.39, 0.29) is 18.7 Å². The van der Waals surface area contributed by atoms with Gasteiger partial charge in [-0.05, 0) is 19.1 Å². The van der Waals surface area contributed by atoms with Gasteiger partial charge in [-0.3, -0.25) is 0 Å². The van der Waals surface area contributed by atoms with E-state index in [1.165, 1.54) is 6.07 Å². The average molecular weight is 249 g/mol. The van der Waals surface area contributed by atoms with Crippen molar-refractivity contribution in [3.63, 3.8) is 0 Å². The highest BCUT2D eigenvalue weighted by atomic mass is 16.5. The number of benzene rings is 1. The highest BCUT2D eigenvalue weighted by Gasteiger charge is 2.22. The minimum absolute atomic E-state index is 0.108. The topological polar surface area (TPSA) is 105 Å². The molecule has 0 saturated carbocycles. The fraction of sp³-hybridized carbons (Fsp3) is 0.333. The standard InChI is InChI=1S/C12H15N3O3/c1-12(17,7-13)6-10-14-11(15-18-10)8-3-2-4-9(16)5-8/h2-5,16-17H,6-7,13H2,1H3. The molecule has 0 bridgehead atoms. The summed E-state index contributed by atoms with van der Waals surface area (Å²) in [5.74, 6) is 0.810. The molecule has 0 radical (unpaired) electrons. The number of nitrogens with zero attached hydrogens (tertiary/aromatic N) is 2. The van der Waals surface area contributed by atoms with Gasteiger partial charge in [-0.1, -0.05) is 17.3 Å². The second kappa shape index (κ2) is 4.75. The van der Waals surface area contributed by atoms with E-state index in [9.17, 15) is 10.2 Å². The Bertz CT molecular complexity index is 537. The van der Waals surface area contributed by atoms with Crippen LogP contribution in [0.3, 0.4) is 0 Å². The molecule has 96 valence electrons. The second-order valence-electron chi connectivity index (χ2n) is 4.44. The van der Waals surface area contributed by atoms with Gasteiger partial charge in [-0.15, -0.1) is 0 Å². The summed E-state index contributed by atoms with van der Waals surface area (Å²) >= 11 is 0. The number of aliphatic hydroxyl groups is 1. The minimum atomic E-state index is -1.07. The number of phenols is 1. The van der Waals surface area contributed by atoms with Crippen molar-refractivity contribution in [1.82, 2.24) is 10.1 Å². The van der Waals surface area contributed by atoms with E-state index >= 15 is 0 Å². The molecule has 6 nitrogen and oxygen atoms in total. The predicted octanol–water partition coefficient (Wildman–Crippen LogP) is 0.694. The Labute approximate surface area is 104 Å². The van der Waals surface area contributed by atoms with Gasteiger partial charge in [0.1, 0.15) is 5.75 Å². The van der Waals surface area contributed by atoms with Crippen molar-refractivity contribution >= 4 is 0 Å². The molecule has 18 heavy (non-hydrogen) atoms. The van der Waals surface area contributed by atoms with E-state index in [1.807, 2.05) is 0 Å². The Hall–Kier alpha value is -1.92. The molecular formula is C12H15N3O3. The highest BCUT2D eigenvalue weighted by Crippen LogP contribution is 2.21. The van der Waals surface area contributed by atoms with Crippen LogP contribution in [0.5, 0.6) is 5.75 Å². The highest BCUT2D eigenvalue weighted by molar-refractivity contribution is 5.56. The van der Waals surface area contributed by atoms with E-state index in [1.54, 1.807) is 25.1 Å². The van der Waals surface area contributed by atoms with E-state index in [0.717, 1.165) is 0 Å². The van der Waals surface area contributed by atoms with Gasteiger partial charge in [0.25, 0.3) is 0 Å². The third-order valence-electron chi connectivity index (χ3n) is 2.54. The summed E-state index contributed by atoms with van der Waals surface area (Å²) in [4.78, 5) is 4.15. The molecule has 1 atom stereocenters. The van der Waals surface area contributed by atoms with Gasteiger partial charge in [0, 0.05) is 12.1 Å². The number of hydrogen-bond acceptors (Lipinski definition) is 6. The van der Waals surface area contributed by atoms with Crippen LogP contribution in [0.25, 0.3) is 11.4 Å². The van der Waals surface area contributed by atoms with Crippen LogP contribution in [-0.2, 0) is 6.42 Å². The Morgan fingerprint density at radius 3 is 2.89 bits per heavy atom. The lowest BCUT2D eigenvalue weighted by Crippen LogP contribution is -2.36. The van der Waals surface area contributed by atoms with Gasteiger partial charge in [0.15, 0.2) is 0 Å². The van der Waals surface area contributed by atoms with Crippen molar-refractivity contribution in [2.45, 2.75) is 18.9 Å². The van der Waals surface area contributed by atoms with Crippen LogP contribution >= 0.6 is 0 Å². The fourth-order valence-corrected chi connectivity index (χ4v) is 1.49. The summed E-state index contributed by atoms with van der Waals surface area (Å²) in [6.45, 7) is 1.71. The Morgan fingerprint density at radius 2 is 2.22 bits per heavy atom. The summed E-state index contributed by atoms with van der Waals surface area (Å²) < 4.78 is 5.04. The SMILES string of the molecule is CC(O)(CN)Cc1nc(-c2cccc(O)c2)no1. The first-order valence-electron chi connectivity index (χ1n) is 5.55. The Morgan fingerprint density at radius 1 is 1.44 bits per heavy atom. The molecule has 0 amide bonds. The van der Waals surface area contributed by atoms with Gasteiger partial charge in [-0.25, -0.2) is 0 Å². The monoisotopic (exact) mass is 249 g/mol. The molecule has 0 aliphatic heterocycles. The maximum absolute atomic E-state index is 9.81. The minimum Gasteiger partial charge on any atom is -0.508 e. The molecule has 2 rings (SSSR count). The molecule has 6 heteroatoms. The summed E-state index contributed by atoms with van der Waals surface area (Å²) in [6, 6.07) is 6.55. The van der Waals surface area contributed by atoms with Gasteiger partial charge in [-0.2, -0.15) is 4.98 Å². The van der Waals surface area contributed by atoms with Crippen molar-refractivity contribution in [1.29, 1.82) is 0 Å². The number of hydrogen-bond donors (Lipinski definition) is 3. The Kier molecular flexibility index (Phi) is 3.31. The normalized spacial score (nSPS) is 14.4. The van der Waals surface area contributed by atoms with E-state index in [2.05, 4.69) is 10.1 Å². The van der Waals surface area contributed by atoms with E-state index < -0.39 is 5.60 Å². The molecule has 0 aliphatic carbocycles. The molecule has 2 aromatic rings. The lowest BCUT2D eigenvalue weighted by molar-refractivity contribution is 0.0610. The molecule has 0 fully saturated rings. The molecular weight excluding hydrogens is 234 g/mol. The molecule has 0 aliphatic rings. The number of rotatable bonds is 4. The van der Waals surface area contributed by atoms with E-state index in [0.29, 0.717) is 17.3 Å². The molecule has 1 unspecified atom stereocenters. The first-order chi connectivity index (χ1) is 8.50. The van der Waals surface area contributed by atoms with Crippen LogP contribution in [0.1, 0.15) is 12.8 Å². The van der Waals surface area contributed by atoms with Gasteiger partial charge < -0.3 is 20.5 Å². The summed E-state index contributed by atoms with van der Waals surface area (Å²) in [7, 11) is 0. The van der Waals surface area contributed by atoms with Crippen molar-refractivity contribution in [2.75, 3.05) is 6.54 Å². The van der Waals surface area contributed by atoms with Gasteiger partial charge in [0.2, 0.25) is 11.7 Å². The molecule has 4 N–H and O–H groups in total. The summed E-state index contributed by atoms with van der Waals surface area (Å²) in [5, 5.41) is 23.0. The van der Waals surface area contributed by atoms with Gasteiger partial charge >= 0.3 is 0 Å². The maximum atomic E-state index is 9.81. The third-order valence-corrected chi connectivity index (χ3v) is 2.54. The van der Waals surface area contributed by atoms with Gasteiger partial charge in [0.05, 0.1) is 12.0 Å². The first-order valence-corrected chi connectivity index (χ1v) is 5.55. The molecule has 1 aromatic carbocycles. The zero-order valence-electron chi connectivity index (χ0n) is 10.00. The average Bonchev–Trinajstić information content (AvgIpc) is 2.77. The van der Waals surface area contributed by atoms with Crippen LogP contribution in [0.15, 0.2) is 28.8 Å². The van der Waals surface area contributed by atoms with Crippen molar-refractivity contribution in [3.05, 3.63) is 30.2 Å². The smallest absolute Gasteiger partial charge is 0.229 e. The fourth-order valence-electron chi connectivity index (χ4n) is 1.49. The molecule has 0 saturated heterocycles. The van der Waals surface area contributed by atoms with Crippen molar-refractivity contribution < 1.29 is 14.7 Å². The van der Waals surface area contributed by atoms with Crippen LogP contribution < -0.4 is 5.73 Å². The first kappa shape index (κ1) is 12.5. The zero-order chi connectivity index (χ0) is 13.2. The second-order valence-corrected chi connectivity index (χ2v) is 4.44. The third kappa shape index (κ3) is 2.85. The van der Waals surface area contributed by atoms with Crippen LogP contribution in [0.4, 0.5) is 0 Å². The number of nitrogens with two attached hydrogens (primary N) is 1. The maximum Gasteiger partial charge on any atom is 0.229 e. The number of aromatic hydroxyl groups is 1. The zero-order valence-corrected chi connectivity index (χ0v) is 10.00. The predicted molar refractivity (Wildman–Crippen MR) is 64.8 cm³/mol. The lowest BCUT2D eigenvalue weighted by Gasteiger charge is -2.17. The van der Waals surface area contributed by atoms with Crippen molar-refractivity contribution in [3.8, 4) is 17.1 Å². The molecule has 1 heterocycles. The summed E-state index contributed by atoms with van der Waals surface area (Å²) in [6.07, 6.45) is 0.190. The quantitative estimate of drug-likeness (QED) is 0.736. The molecule has 1 aromatic heterocycles. The van der Waals surface area contributed by atoms with Crippen LogP contribution in [0, 0.1) is 0 Å². The van der Waals surface area contributed by atoms with Crippen molar-refractivity contribution in [2.24, 2.45) is 5.73 Å². The Balaban J connectivity index is 2.21. The van der Waals surface area contributed by atoms with Crippen LogP contribution in [-0.4, -0.2) is 32.5 Å². The lowest BCUT2D eigenvalue weighted by atomic mass is 10.0. The van der Waals surface area contributed by atoms with Crippen LogP contribution in [0.2, 0.25) is 0 Å². The number of phenolic OH excluding ortho intramolecular Hbond substituents is 1. The molecule has 0 spiro atoms. The van der Waals surface area contributed by atoms with E-state index in [4.69, 9.17) is 10.3 Å². The summed E-state index contributed by atoms with van der Waals surface area (Å²) in [5.41, 5.74) is 5.00.